The molecule has 1 heterocycles. The lowest BCUT2D eigenvalue weighted by Gasteiger charge is -2.07. The lowest BCUT2D eigenvalue weighted by molar-refractivity contribution is -0.134. The Morgan fingerprint density at radius 2 is 1.83 bits per heavy atom. The zero-order valence-electron chi connectivity index (χ0n) is 12.8. The van der Waals surface area contributed by atoms with Crippen LogP contribution < -0.4 is 10.4 Å². The molecule has 0 bridgehead atoms. The van der Waals surface area contributed by atoms with Crippen molar-refractivity contribution in [2.24, 2.45) is 7.05 Å². The number of ether oxygens (including phenoxy) is 1. The number of aryl methyl sites for hydroxylation is 2. The number of nitrogens with zero attached hydrogens (tertiary/aromatic N) is 2. The molecular weight excluding hydrogens is 351 g/mol. The van der Waals surface area contributed by atoms with E-state index in [1.165, 1.54) is 6.07 Å². The van der Waals surface area contributed by atoms with Crippen molar-refractivity contribution in [3.8, 4) is 5.75 Å². The summed E-state index contributed by atoms with van der Waals surface area (Å²) in [6, 6.07) is 12.1. The van der Waals surface area contributed by atoms with E-state index < -0.39 is 5.97 Å². The first kappa shape index (κ1) is 16.6. The van der Waals surface area contributed by atoms with Gasteiger partial charge in [-0.05, 0) is 24.3 Å². The molecule has 24 heavy (non-hydrogen) atoms. The molecule has 0 spiro atoms. The molecule has 0 amide bonds. The van der Waals surface area contributed by atoms with Crippen LogP contribution in [0.5, 0.6) is 5.75 Å². The second-order valence-electron chi connectivity index (χ2n) is 5.28. The van der Waals surface area contributed by atoms with Gasteiger partial charge in [-0.15, -0.1) is 0 Å². The van der Waals surface area contributed by atoms with Crippen molar-refractivity contribution in [2.45, 2.75) is 13.0 Å². The fraction of sp³-hybridized carbons (Fsp3) is 0.176. The second kappa shape index (κ2) is 6.71. The third kappa shape index (κ3) is 3.18. The number of esters is 1. The summed E-state index contributed by atoms with van der Waals surface area (Å²) in [6.45, 7) is 0.219. The van der Waals surface area contributed by atoms with Crippen LogP contribution in [0.3, 0.4) is 0 Å². The number of halogens is 2. The first-order valence-electron chi connectivity index (χ1n) is 7.27. The van der Waals surface area contributed by atoms with Gasteiger partial charge in [-0.1, -0.05) is 35.3 Å². The number of imidazole rings is 1. The molecule has 0 aliphatic carbocycles. The Bertz CT molecular complexity index is 976. The molecule has 0 saturated heterocycles. The maximum atomic E-state index is 12.3. The Kier molecular flexibility index (Phi) is 4.64. The zero-order valence-corrected chi connectivity index (χ0v) is 14.3. The number of benzene rings is 2. The highest BCUT2D eigenvalue weighted by molar-refractivity contribution is 6.34. The summed E-state index contributed by atoms with van der Waals surface area (Å²) in [7, 11) is 1.70. The number of carbonyl (C=O) groups excluding carboxylic acids is 1. The van der Waals surface area contributed by atoms with Gasteiger partial charge < -0.3 is 4.74 Å². The molecule has 2 aromatic carbocycles. The highest BCUT2D eigenvalue weighted by Crippen LogP contribution is 2.28. The molecule has 0 saturated carbocycles. The smallest absolute Gasteiger partial charge is 0.328 e. The Hall–Kier alpha value is -2.24. The number of rotatable bonds is 4. The molecule has 5 nitrogen and oxygen atoms in total. The first-order valence-corrected chi connectivity index (χ1v) is 8.03. The number of carbonyl (C=O) groups is 1. The van der Waals surface area contributed by atoms with Crippen molar-refractivity contribution in [1.82, 2.24) is 9.13 Å². The minimum absolute atomic E-state index is 0.0384. The van der Waals surface area contributed by atoms with E-state index in [0.29, 0.717) is 10.0 Å². The van der Waals surface area contributed by atoms with Gasteiger partial charge in [0, 0.05) is 24.7 Å². The molecule has 0 aliphatic rings. The highest BCUT2D eigenvalue weighted by atomic mass is 35.5. The molecule has 0 fully saturated rings. The lowest BCUT2D eigenvalue weighted by Crippen LogP contribution is -2.24. The summed E-state index contributed by atoms with van der Waals surface area (Å²) in [5.41, 5.74) is 1.41. The van der Waals surface area contributed by atoms with E-state index >= 15 is 0 Å². The van der Waals surface area contributed by atoms with E-state index in [4.69, 9.17) is 27.9 Å². The third-order valence-electron chi connectivity index (χ3n) is 3.71. The normalized spacial score (nSPS) is 11.0. The quantitative estimate of drug-likeness (QED) is 0.524. The predicted molar refractivity (Wildman–Crippen MR) is 93.9 cm³/mol. The van der Waals surface area contributed by atoms with Gasteiger partial charge in [-0.25, -0.2) is 4.79 Å². The number of hydrogen-bond donors (Lipinski definition) is 0. The summed E-state index contributed by atoms with van der Waals surface area (Å²) in [5, 5.41) is 0.725. The van der Waals surface area contributed by atoms with Gasteiger partial charge in [0.25, 0.3) is 0 Å². The maximum absolute atomic E-state index is 12.3. The fourth-order valence-electron chi connectivity index (χ4n) is 2.51. The maximum Gasteiger partial charge on any atom is 0.328 e. The van der Waals surface area contributed by atoms with Gasteiger partial charge in [0.2, 0.25) is 0 Å². The van der Waals surface area contributed by atoms with Crippen molar-refractivity contribution in [3.05, 3.63) is 63.0 Å². The number of aromatic nitrogens is 2. The van der Waals surface area contributed by atoms with Crippen LogP contribution in [0.15, 0.2) is 47.3 Å². The van der Waals surface area contributed by atoms with E-state index in [2.05, 4.69) is 0 Å². The molecule has 0 aliphatic heterocycles. The Balaban J connectivity index is 1.77. The number of hydrogen-bond acceptors (Lipinski definition) is 3. The van der Waals surface area contributed by atoms with Gasteiger partial charge in [0.1, 0.15) is 0 Å². The molecule has 3 aromatic rings. The highest BCUT2D eigenvalue weighted by Gasteiger charge is 2.13. The van der Waals surface area contributed by atoms with Crippen LogP contribution in [0.4, 0.5) is 0 Å². The van der Waals surface area contributed by atoms with Gasteiger partial charge in [-0.2, -0.15) is 0 Å². The van der Waals surface area contributed by atoms with Crippen LogP contribution in [0.25, 0.3) is 11.0 Å². The topological polar surface area (TPSA) is 53.2 Å². The summed E-state index contributed by atoms with van der Waals surface area (Å²) in [4.78, 5) is 24.4. The van der Waals surface area contributed by atoms with E-state index in [0.717, 1.165) is 11.0 Å². The first-order chi connectivity index (χ1) is 11.5. The van der Waals surface area contributed by atoms with Crippen LogP contribution in [-0.4, -0.2) is 15.1 Å². The van der Waals surface area contributed by atoms with Crippen molar-refractivity contribution in [1.29, 1.82) is 0 Å². The zero-order chi connectivity index (χ0) is 17.3. The number of fused-ring (bicyclic) bond motifs is 1. The minimum Gasteiger partial charge on any atom is -0.425 e. The molecule has 1 aromatic heterocycles. The second-order valence-corrected chi connectivity index (χ2v) is 6.12. The standard InChI is InChI=1S/C17H14Cl2N2O3/c1-20-13-4-2-3-5-14(13)21(17(20)23)9-8-16(22)24-15-10-11(18)6-7-12(15)19/h2-7,10H,8-9H2,1H3. The number of para-hydroxylation sites is 2. The fourth-order valence-corrected chi connectivity index (χ4v) is 2.83. The molecule has 0 unspecified atom stereocenters. The van der Waals surface area contributed by atoms with Gasteiger partial charge in [0.15, 0.2) is 5.75 Å². The molecule has 3 rings (SSSR count). The van der Waals surface area contributed by atoms with Gasteiger partial charge in [-0.3, -0.25) is 13.9 Å². The minimum atomic E-state index is -0.487. The molecule has 0 atom stereocenters. The average molecular weight is 365 g/mol. The summed E-state index contributed by atoms with van der Waals surface area (Å²) in [6.07, 6.45) is 0.0384. The molecule has 0 N–H and O–H groups in total. The Morgan fingerprint density at radius 3 is 2.58 bits per heavy atom. The van der Waals surface area contributed by atoms with E-state index in [-0.39, 0.29) is 24.4 Å². The van der Waals surface area contributed by atoms with Crippen LogP contribution >= 0.6 is 23.2 Å². The predicted octanol–water partition coefficient (Wildman–Crippen LogP) is 3.64. The van der Waals surface area contributed by atoms with Crippen molar-refractivity contribution in [3.63, 3.8) is 0 Å². The lowest BCUT2D eigenvalue weighted by atomic mass is 10.3. The SMILES string of the molecule is Cn1c(=O)n(CCC(=O)Oc2cc(Cl)ccc2Cl)c2ccccc21. The monoisotopic (exact) mass is 364 g/mol. The van der Waals surface area contributed by atoms with Crippen LogP contribution in [0, 0.1) is 0 Å². The van der Waals surface area contributed by atoms with E-state index in [9.17, 15) is 9.59 Å². The van der Waals surface area contributed by atoms with Crippen molar-refractivity contribution >= 4 is 40.2 Å². The third-order valence-corrected chi connectivity index (χ3v) is 4.26. The summed E-state index contributed by atoms with van der Waals surface area (Å²) >= 11 is 11.8. The van der Waals surface area contributed by atoms with Crippen LogP contribution in [-0.2, 0) is 18.4 Å². The van der Waals surface area contributed by atoms with Crippen molar-refractivity contribution in [2.75, 3.05) is 0 Å². The summed E-state index contributed by atoms with van der Waals surface area (Å²) in [5.74, 6) is -0.279. The Morgan fingerprint density at radius 1 is 1.12 bits per heavy atom. The van der Waals surface area contributed by atoms with Crippen LogP contribution in [0.1, 0.15) is 6.42 Å². The molecule has 0 radical (unpaired) electrons. The van der Waals surface area contributed by atoms with Crippen LogP contribution in [0.2, 0.25) is 10.0 Å². The van der Waals surface area contributed by atoms with E-state index in [1.807, 2.05) is 24.3 Å². The average Bonchev–Trinajstić information content (AvgIpc) is 2.81. The molecule has 7 heteroatoms. The van der Waals surface area contributed by atoms with E-state index in [1.54, 1.807) is 28.3 Å². The van der Waals surface area contributed by atoms with Gasteiger partial charge in [0.05, 0.1) is 22.5 Å². The van der Waals surface area contributed by atoms with Crippen molar-refractivity contribution < 1.29 is 9.53 Å². The van der Waals surface area contributed by atoms with Gasteiger partial charge >= 0.3 is 11.7 Å². The molecule has 124 valence electrons. The molecular formula is C17H14Cl2N2O3. The largest absolute Gasteiger partial charge is 0.425 e. The summed E-state index contributed by atoms with van der Waals surface area (Å²) < 4.78 is 8.33. The Labute approximate surface area is 148 Å².